The van der Waals surface area contributed by atoms with Crippen LogP contribution in [0.15, 0.2) is 59.8 Å². The molecule has 0 unspecified atom stereocenters. The lowest BCUT2D eigenvalue weighted by Gasteiger charge is -2.10. The Morgan fingerprint density at radius 2 is 1.93 bits per heavy atom. The molecule has 0 amide bonds. The van der Waals surface area contributed by atoms with Crippen LogP contribution in [0.2, 0.25) is 0 Å². The lowest BCUT2D eigenvalue weighted by atomic mass is 10.0. The molecule has 29 heavy (non-hydrogen) atoms. The Morgan fingerprint density at radius 1 is 1.17 bits per heavy atom. The van der Waals surface area contributed by atoms with Crippen LogP contribution in [-0.4, -0.2) is 20.9 Å². The molecule has 8 heteroatoms. The van der Waals surface area contributed by atoms with Gasteiger partial charge in [0.05, 0.1) is 11.3 Å². The van der Waals surface area contributed by atoms with E-state index in [0.29, 0.717) is 15.9 Å². The van der Waals surface area contributed by atoms with E-state index in [1.807, 2.05) is 6.92 Å². The van der Waals surface area contributed by atoms with Crippen LogP contribution in [0.1, 0.15) is 21.5 Å². The predicted octanol–water partition coefficient (Wildman–Crippen LogP) is 5.21. The summed E-state index contributed by atoms with van der Waals surface area (Å²) in [7, 11) is 0. The predicted molar refractivity (Wildman–Crippen MR) is 108 cm³/mol. The van der Waals surface area contributed by atoms with Crippen molar-refractivity contribution in [1.29, 1.82) is 0 Å². The first kappa shape index (κ1) is 18.9. The maximum atomic E-state index is 15.0. The monoisotopic (exact) mass is 411 g/mol. The van der Waals surface area contributed by atoms with E-state index in [9.17, 15) is 14.3 Å². The molecule has 2 aromatic heterocycles. The number of nitrogens with zero attached hydrogens (tertiary/aromatic N) is 1. The number of anilines is 1. The minimum absolute atomic E-state index is 0.0260. The summed E-state index contributed by atoms with van der Waals surface area (Å²) in [6.07, 6.45) is 3.04. The van der Waals surface area contributed by atoms with Crippen LogP contribution in [0.25, 0.3) is 11.0 Å². The number of rotatable bonds is 5. The van der Waals surface area contributed by atoms with Crippen molar-refractivity contribution in [2.45, 2.75) is 11.8 Å². The van der Waals surface area contributed by atoms with Gasteiger partial charge in [0.1, 0.15) is 17.2 Å². The number of phenols is 1. The number of nitrogens with one attached hydrogen (secondary N) is 2. The van der Waals surface area contributed by atoms with Gasteiger partial charge in [-0.05, 0) is 66.9 Å². The van der Waals surface area contributed by atoms with Gasteiger partial charge in [-0.15, -0.1) is 0 Å². The zero-order valence-corrected chi connectivity index (χ0v) is 16.0. The van der Waals surface area contributed by atoms with Crippen molar-refractivity contribution < 1.29 is 18.7 Å². The maximum Gasteiger partial charge on any atom is 0.201 e. The molecule has 0 spiro atoms. The fraction of sp³-hybridized carbons (Fsp3) is 0.0476. The van der Waals surface area contributed by atoms with Crippen LogP contribution in [0.3, 0.4) is 0 Å². The third-order valence-electron chi connectivity index (χ3n) is 4.35. The van der Waals surface area contributed by atoms with E-state index in [1.165, 1.54) is 24.4 Å². The number of ketones is 1. The molecule has 3 N–H and O–H groups in total. The number of pyridine rings is 1. The Kier molecular flexibility index (Phi) is 4.94. The summed E-state index contributed by atoms with van der Waals surface area (Å²) in [5.74, 6) is -2.57. The fourth-order valence-corrected chi connectivity index (χ4v) is 3.56. The van der Waals surface area contributed by atoms with Crippen molar-refractivity contribution in [2.75, 3.05) is 4.72 Å². The van der Waals surface area contributed by atoms with E-state index in [2.05, 4.69) is 14.7 Å². The normalized spacial score (nSPS) is 11.0. The van der Waals surface area contributed by atoms with Gasteiger partial charge in [-0.2, -0.15) is 0 Å². The number of aromatic hydroxyl groups is 1. The van der Waals surface area contributed by atoms with Crippen molar-refractivity contribution in [1.82, 2.24) is 9.97 Å². The van der Waals surface area contributed by atoms with Gasteiger partial charge >= 0.3 is 0 Å². The number of carbonyl (C=O) groups excluding carboxylic acids is 1. The van der Waals surface area contributed by atoms with Gasteiger partial charge < -0.3 is 14.8 Å². The van der Waals surface area contributed by atoms with Crippen molar-refractivity contribution in [2.24, 2.45) is 0 Å². The van der Waals surface area contributed by atoms with Gasteiger partial charge in [0.25, 0.3) is 0 Å². The first-order chi connectivity index (χ1) is 13.9. The van der Waals surface area contributed by atoms with E-state index in [0.717, 1.165) is 23.6 Å². The molecular formula is C21H15F2N3O2S. The molecule has 0 aliphatic heterocycles. The number of aryl methyl sites for hydroxylation is 1. The van der Waals surface area contributed by atoms with Gasteiger partial charge in [-0.25, -0.2) is 13.8 Å². The van der Waals surface area contributed by atoms with Gasteiger partial charge in [0.2, 0.25) is 5.78 Å². The molecule has 0 radical (unpaired) electrons. The SMILES string of the molecule is Cc1cnc2[nH]cc(C(=O)c3c(F)ccc(NSc4ccc(O)cc4)c3F)c2c1. The largest absolute Gasteiger partial charge is 0.508 e. The molecule has 2 aromatic carbocycles. The highest BCUT2D eigenvalue weighted by Crippen LogP contribution is 2.30. The number of carbonyl (C=O) groups is 1. The number of aromatic nitrogens is 2. The number of benzene rings is 2. The van der Waals surface area contributed by atoms with E-state index in [-0.39, 0.29) is 17.0 Å². The van der Waals surface area contributed by atoms with Crippen LogP contribution in [0, 0.1) is 18.6 Å². The van der Waals surface area contributed by atoms with Crippen LogP contribution in [0.4, 0.5) is 14.5 Å². The molecule has 0 fully saturated rings. The number of hydrogen-bond acceptors (Lipinski definition) is 5. The second-order valence-corrected chi connectivity index (χ2v) is 7.30. The third-order valence-corrected chi connectivity index (χ3v) is 5.18. The molecule has 0 saturated heterocycles. The summed E-state index contributed by atoms with van der Waals surface area (Å²) in [6, 6.07) is 10.3. The Hall–Kier alpha value is -3.39. The Bertz CT molecular complexity index is 1220. The summed E-state index contributed by atoms with van der Waals surface area (Å²) in [4.78, 5) is 20.7. The minimum atomic E-state index is -0.976. The molecular weight excluding hydrogens is 396 g/mol. The second kappa shape index (κ2) is 7.56. The molecule has 5 nitrogen and oxygen atoms in total. The average molecular weight is 411 g/mol. The summed E-state index contributed by atoms with van der Waals surface area (Å²) in [5, 5.41) is 9.83. The van der Waals surface area contributed by atoms with Crippen molar-refractivity contribution in [3.63, 3.8) is 0 Å². The molecule has 0 saturated carbocycles. The Balaban J connectivity index is 1.68. The number of H-pyrrole nitrogens is 1. The van der Waals surface area contributed by atoms with Crippen molar-refractivity contribution in [3.05, 3.63) is 83.2 Å². The molecule has 4 rings (SSSR count). The first-order valence-corrected chi connectivity index (χ1v) is 9.44. The highest BCUT2D eigenvalue weighted by molar-refractivity contribution is 8.00. The summed E-state index contributed by atoms with van der Waals surface area (Å²) in [5.41, 5.74) is 0.785. The van der Waals surface area contributed by atoms with Gasteiger partial charge in [0.15, 0.2) is 5.82 Å². The lowest BCUT2D eigenvalue weighted by molar-refractivity contribution is 0.103. The van der Waals surface area contributed by atoms with Gasteiger partial charge in [-0.1, -0.05) is 0 Å². The smallest absolute Gasteiger partial charge is 0.201 e. The number of fused-ring (bicyclic) bond motifs is 1. The van der Waals surface area contributed by atoms with E-state index >= 15 is 4.39 Å². The number of halogens is 2. The zero-order chi connectivity index (χ0) is 20.5. The van der Waals surface area contributed by atoms with E-state index < -0.39 is 23.0 Å². The molecule has 0 aliphatic carbocycles. The van der Waals surface area contributed by atoms with Crippen molar-refractivity contribution in [3.8, 4) is 5.75 Å². The minimum Gasteiger partial charge on any atom is -0.508 e. The van der Waals surface area contributed by atoms with Gasteiger partial charge in [0, 0.05) is 28.2 Å². The standard InChI is InChI=1S/C21H15F2N3O2S/c1-11-8-14-15(10-25-21(14)24-9-11)20(28)18-16(22)6-7-17(19(18)23)26-29-13-4-2-12(27)3-5-13/h2-10,26-27H,1H3,(H,24,25). The summed E-state index contributed by atoms with van der Waals surface area (Å²) in [6.45, 7) is 1.82. The summed E-state index contributed by atoms with van der Waals surface area (Å²) < 4.78 is 32.2. The van der Waals surface area contributed by atoms with Crippen LogP contribution in [-0.2, 0) is 0 Å². The lowest BCUT2D eigenvalue weighted by Crippen LogP contribution is -2.09. The van der Waals surface area contributed by atoms with Crippen LogP contribution < -0.4 is 4.72 Å². The molecule has 0 aliphatic rings. The number of phenolic OH excluding ortho intramolecular Hbond substituents is 1. The third kappa shape index (κ3) is 3.66. The first-order valence-electron chi connectivity index (χ1n) is 8.62. The van der Waals surface area contributed by atoms with E-state index in [4.69, 9.17) is 0 Å². The fourth-order valence-electron chi connectivity index (χ4n) is 2.90. The molecule has 0 atom stereocenters. The number of aromatic amines is 1. The Labute approximate surface area is 168 Å². The average Bonchev–Trinajstić information content (AvgIpc) is 3.11. The molecule has 0 bridgehead atoms. The second-order valence-electron chi connectivity index (χ2n) is 6.42. The van der Waals surface area contributed by atoms with Crippen LogP contribution >= 0.6 is 11.9 Å². The van der Waals surface area contributed by atoms with Gasteiger partial charge in [-0.3, -0.25) is 4.79 Å². The highest BCUT2D eigenvalue weighted by Gasteiger charge is 2.24. The quantitative estimate of drug-likeness (QED) is 0.311. The van der Waals surface area contributed by atoms with E-state index in [1.54, 1.807) is 24.4 Å². The Morgan fingerprint density at radius 3 is 2.69 bits per heavy atom. The molecule has 4 aromatic rings. The zero-order valence-electron chi connectivity index (χ0n) is 15.2. The number of hydrogen-bond donors (Lipinski definition) is 3. The summed E-state index contributed by atoms with van der Waals surface area (Å²) >= 11 is 1.07. The molecule has 146 valence electrons. The maximum absolute atomic E-state index is 15.0. The highest BCUT2D eigenvalue weighted by atomic mass is 32.2. The van der Waals surface area contributed by atoms with Crippen molar-refractivity contribution >= 4 is 34.5 Å². The van der Waals surface area contributed by atoms with Crippen LogP contribution in [0.5, 0.6) is 5.75 Å². The molecule has 2 heterocycles. The topological polar surface area (TPSA) is 78.0 Å².